The van der Waals surface area contributed by atoms with Crippen LogP contribution in [0.2, 0.25) is 0 Å². The van der Waals surface area contributed by atoms with Gasteiger partial charge >= 0.3 is 6.36 Å². The lowest BCUT2D eigenvalue weighted by molar-refractivity contribution is -0.274. The molecule has 2 atom stereocenters. The number of aliphatic hydroxyl groups excluding tert-OH is 1. The number of halogens is 3. The highest BCUT2D eigenvalue weighted by atomic mass is 19.4. The molecule has 0 spiro atoms. The average Bonchev–Trinajstić information content (AvgIpc) is 3.17. The molecule has 1 aliphatic carbocycles. The summed E-state index contributed by atoms with van der Waals surface area (Å²) in [6.07, 6.45) is 0.758. The molecule has 1 aliphatic rings. The topological polar surface area (TPSA) is 119 Å². The molecule has 8 nitrogen and oxygen atoms in total. The Morgan fingerprint density at radius 3 is 2.83 bits per heavy atom. The van der Waals surface area contributed by atoms with Gasteiger partial charge in [-0.3, -0.25) is 0 Å². The number of nitrogens with one attached hydrogen (secondary N) is 3. The predicted octanol–water partition coefficient (Wildman–Crippen LogP) is 4.73. The van der Waals surface area contributed by atoms with Gasteiger partial charge in [0, 0.05) is 29.7 Å². The quantitative estimate of drug-likeness (QED) is 0.379. The summed E-state index contributed by atoms with van der Waals surface area (Å²) in [5.41, 5.74) is 1.61. The van der Waals surface area contributed by atoms with Crippen molar-refractivity contribution in [1.29, 1.82) is 5.26 Å². The number of H-pyrrole nitrogens is 1. The highest BCUT2D eigenvalue weighted by molar-refractivity contribution is 5.84. The van der Waals surface area contributed by atoms with Crippen molar-refractivity contribution in [2.45, 2.75) is 58.0 Å². The van der Waals surface area contributed by atoms with Crippen LogP contribution in [0.5, 0.6) is 5.75 Å². The summed E-state index contributed by atoms with van der Waals surface area (Å²) in [6, 6.07) is 6.34. The first-order valence-electron chi connectivity index (χ1n) is 11.4. The Kier molecular flexibility index (Phi) is 6.76. The third kappa shape index (κ3) is 5.95. The van der Waals surface area contributed by atoms with Crippen molar-refractivity contribution in [3.05, 3.63) is 41.7 Å². The van der Waals surface area contributed by atoms with Gasteiger partial charge in [-0.1, -0.05) is 13.8 Å². The van der Waals surface area contributed by atoms with Gasteiger partial charge in [-0.15, -0.1) is 13.2 Å². The Hall–Kier alpha value is -3.52. The molecule has 4 rings (SSSR count). The van der Waals surface area contributed by atoms with Crippen LogP contribution in [0.4, 0.5) is 24.9 Å². The van der Waals surface area contributed by atoms with Crippen molar-refractivity contribution in [2.75, 3.05) is 17.2 Å². The second-order valence-corrected chi connectivity index (χ2v) is 9.44. The highest BCUT2D eigenvalue weighted by Gasteiger charge is 2.36. The Labute approximate surface area is 200 Å². The number of fused-ring (bicyclic) bond motifs is 1. The molecule has 0 aliphatic heterocycles. The van der Waals surface area contributed by atoms with E-state index in [9.17, 15) is 23.5 Å². The second-order valence-electron chi connectivity index (χ2n) is 9.44. The van der Waals surface area contributed by atoms with E-state index >= 15 is 0 Å². The molecular formula is C24H27F3N6O2. The van der Waals surface area contributed by atoms with Crippen molar-refractivity contribution in [3.63, 3.8) is 0 Å². The monoisotopic (exact) mass is 488 g/mol. The number of benzene rings is 1. The summed E-state index contributed by atoms with van der Waals surface area (Å²) in [6.45, 7) is 4.46. The van der Waals surface area contributed by atoms with Crippen molar-refractivity contribution < 1.29 is 23.0 Å². The van der Waals surface area contributed by atoms with Crippen LogP contribution in [0, 0.1) is 16.7 Å². The van der Waals surface area contributed by atoms with Crippen LogP contribution in [-0.2, 0) is 6.42 Å². The van der Waals surface area contributed by atoms with E-state index in [-0.39, 0.29) is 23.3 Å². The summed E-state index contributed by atoms with van der Waals surface area (Å²) in [4.78, 5) is 11.7. The van der Waals surface area contributed by atoms with E-state index in [2.05, 4.69) is 36.4 Å². The fourth-order valence-corrected chi connectivity index (χ4v) is 4.47. The van der Waals surface area contributed by atoms with Crippen molar-refractivity contribution in [2.24, 2.45) is 5.41 Å². The fraction of sp³-hybridized carbons (Fsp3) is 0.458. The molecule has 0 bridgehead atoms. The van der Waals surface area contributed by atoms with Crippen LogP contribution in [0.3, 0.4) is 0 Å². The molecule has 1 saturated carbocycles. The largest absolute Gasteiger partial charge is 0.573 e. The zero-order valence-electron chi connectivity index (χ0n) is 19.4. The van der Waals surface area contributed by atoms with Crippen molar-refractivity contribution >= 4 is 22.7 Å². The predicted molar refractivity (Wildman–Crippen MR) is 125 cm³/mol. The van der Waals surface area contributed by atoms with Crippen LogP contribution in [0.25, 0.3) is 10.9 Å². The number of aromatic nitrogens is 3. The number of alkyl halides is 3. The van der Waals surface area contributed by atoms with Gasteiger partial charge in [0.25, 0.3) is 0 Å². The number of aromatic amines is 1. The van der Waals surface area contributed by atoms with Gasteiger partial charge in [0.1, 0.15) is 23.2 Å². The van der Waals surface area contributed by atoms with Crippen LogP contribution in [-0.4, -0.2) is 45.1 Å². The first-order chi connectivity index (χ1) is 16.5. The molecule has 0 saturated heterocycles. The zero-order chi connectivity index (χ0) is 25.2. The molecule has 11 heteroatoms. The van der Waals surface area contributed by atoms with E-state index in [4.69, 9.17) is 0 Å². The highest BCUT2D eigenvalue weighted by Crippen LogP contribution is 2.37. The SMILES string of the molecule is CC1(C)C[C@H](Nc2nc(NCCc3c[nH]c4ccc(OC(F)(F)F)cc34)ncc2C#N)CC[C@@H]1O. The van der Waals surface area contributed by atoms with Crippen LogP contribution >= 0.6 is 0 Å². The van der Waals surface area contributed by atoms with Gasteiger partial charge in [0.15, 0.2) is 0 Å². The number of hydrogen-bond donors (Lipinski definition) is 4. The molecule has 0 unspecified atom stereocenters. The molecule has 3 aromatic rings. The van der Waals surface area contributed by atoms with E-state index in [1.54, 1.807) is 12.3 Å². The average molecular weight is 489 g/mol. The second kappa shape index (κ2) is 9.62. The maximum atomic E-state index is 12.6. The summed E-state index contributed by atoms with van der Waals surface area (Å²) in [7, 11) is 0. The molecule has 1 fully saturated rings. The van der Waals surface area contributed by atoms with Gasteiger partial charge in [-0.05, 0) is 54.9 Å². The molecule has 35 heavy (non-hydrogen) atoms. The van der Waals surface area contributed by atoms with Gasteiger partial charge in [-0.2, -0.15) is 10.2 Å². The van der Waals surface area contributed by atoms with Gasteiger partial charge < -0.3 is 25.5 Å². The molecule has 186 valence electrons. The molecule has 1 aromatic carbocycles. The summed E-state index contributed by atoms with van der Waals surface area (Å²) in [5.74, 6) is 0.495. The first-order valence-corrected chi connectivity index (χ1v) is 11.4. The number of anilines is 2. The minimum absolute atomic E-state index is 0.0718. The maximum Gasteiger partial charge on any atom is 0.573 e. The van der Waals surface area contributed by atoms with E-state index < -0.39 is 6.36 Å². The van der Waals surface area contributed by atoms with Gasteiger partial charge in [0.05, 0.1) is 12.3 Å². The van der Waals surface area contributed by atoms with E-state index in [1.165, 1.54) is 18.3 Å². The molecule has 4 N–H and O–H groups in total. The number of nitrogens with zero attached hydrogens (tertiary/aromatic N) is 3. The van der Waals surface area contributed by atoms with Gasteiger partial charge in [-0.25, -0.2) is 4.98 Å². The van der Waals surface area contributed by atoms with E-state index in [0.717, 1.165) is 18.4 Å². The van der Waals surface area contributed by atoms with E-state index in [0.29, 0.717) is 47.6 Å². The standard InChI is InChI=1S/C24H27F3N6O2/c1-23(2)10-16(3-6-20(23)34)32-21-15(11-28)13-31-22(33-21)29-8-7-14-12-30-19-5-4-17(9-18(14)19)35-24(25,26)27/h4-5,9,12-13,16,20,30,34H,3,6-8,10H2,1-2H3,(H2,29,31,32,33)/t16-,20+/m1/s1. The van der Waals surface area contributed by atoms with Crippen molar-refractivity contribution in [1.82, 2.24) is 15.0 Å². The lowest BCUT2D eigenvalue weighted by Gasteiger charge is -2.40. The summed E-state index contributed by atoms with van der Waals surface area (Å²) < 4.78 is 41.7. The van der Waals surface area contributed by atoms with Crippen LogP contribution in [0.1, 0.15) is 44.2 Å². The number of aliphatic hydroxyl groups is 1. The number of rotatable bonds is 7. The number of nitriles is 1. The zero-order valence-corrected chi connectivity index (χ0v) is 19.4. The molecule has 0 amide bonds. The van der Waals surface area contributed by atoms with Crippen LogP contribution in [0.15, 0.2) is 30.6 Å². The normalized spacial score (nSPS) is 19.8. The number of ether oxygens (including phenoxy) is 1. The molecule has 2 aromatic heterocycles. The molecule has 2 heterocycles. The fourth-order valence-electron chi connectivity index (χ4n) is 4.47. The maximum absolute atomic E-state index is 12.6. The minimum atomic E-state index is -4.75. The van der Waals surface area contributed by atoms with Gasteiger partial charge in [0.2, 0.25) is 5.95 Å². The smallest absolute Gasteiger partial charge is 0.406 e. The molecule has 0 radical (unpaired) electrons. The minimum Gasteiger partial charge on any atom is -0.406 e. The Morgan fingerprint density at radius 1 is 1.31 bits per heavy atom. The Bertz CT molecular complexity index is 1230. The third-order valence-electron chi connectivity index (χ3n) is 6.36. The lowest BCUT2D eigenvalue weighted by Crippen LogP contribution is -2.41. The summed E-state index contributed by atoms with van der Waals surface area (Å²) in [5, 5.41) is 26.7. The number of hydrogen-bond acceptors (Lipinski definition) is 7. The molecular weight excluding hydrogens is 461 g/mol. The Balaban J connectivity index is 1.42. The third-order valence-corrected chi connectivity index (χ3v) is 6.36. The summed E-state index contributed by atoms with van der Waals surface area (Å²) >= 11 is 0. The Morgan fingerprint density at radius 2 is 2.11 bits per heavy atom. The lowest BCUT2D eigenvalue weighted by atomic mass is 9.73. The first kappa shape index (κ1) is 24.6. The van der Waals surface area contributed by atoms with Crippen molar-refractivity contribution in [3.8, 4) is 11.8 Å². The van der Waals surface area contributed by atoms with Crippen LogP contribution < -0.4 is 15.4 Å². The van der Waals surface area contributed by atoms with E-state index in [1.807, 2.05) is 13.8 Å².